The number of rotatable bonds is 9. The Morgan fingerprint density at radius 2 is 0.773 bits per heavy atom. The number of hydrogen-bond donors (Lipinski definition) is 6. The van der Waals surface area contributed by atoms with Gasteiger partial charge in [-0.25, -0.2) is 0 Å². The van der Waals surface area contributed by atoms with Crippen LogP contribution in [0.5, 0.6) is 0 Å². The third-order valence-corrected chi connectivity index (χ3v) is 2.86. The summed E-state index contributed by atoms with van der Waals surface area (Å²) < 4.78 is 0. The fraction of sp³-hybridized carbons (Fsp3) is 0.600. The van der Waals surface area contributed by atoms with Gasteiger partial charge in [0.2, 0.25) is 0 Å². The van der Waals surface area contributed by atoms with Gasteiger partial charge in [0.05, 0.1) is 36.8 Å². The van der Waals surface area contributed by atoms with E-state index in [4.69, 9.17) is 31.9 Å². The second-order valence-electron chi connectivity index (χ2n) is 4.59. The van der Waals surface area contributed by atoms with Gasteiger partial charge in [0.25, 0.3) is 0 Å². The molecule has 0 bridgehead atoms. The van der Waals surface area contributed by atoms with E-state index in [1.165, 1.54) is 0 Å². The van der Waals surface area contributed by atoms with Gasteiger partial charge in [-0.1, -0.05) is 0 Å². The molecule has 10 nitrogen and oxygen atoms in total. The van der Waals surface area contributed by atoms with Crippen LogP contribution >= 0.6 is 0 Å². The first kappa shape index (κ1) is 26.7. The zero-order valence-electron chi connectivity index (χ0n) is 14.4. The Morgan fingerprint density at radius 3 is 0.864 bits per heavy atom. The average molecular weight is 340 g/mol. The first-order valence-electron chi connectivity index (χ1n) is 5.37. The minimum atomic E-state index is -2.22. The standard InChI is InChI=1S/C10H16N2O8.2Na.2H/c11-9(1-5(13)14,2-6(15)16)10(12,3-7(17)18)4-8(19)20;;;;/h1-4,11-12H2,(H,13,14)(H,15,16)(H,17,18)(H,19,20);;;;/q;2*+1;2*-1. The van der Waals surface area contributed by atoms with Crippen LogP contribution < -0.4 is 70.6 Å². The van der Waals surface area contributed by atoms with Crippen LogP contribution in [0.4, 0.5) is 0 Å². The Hall–Kier alpha value is -0.200. The second-order valence-corrected chi connectivity index (χ2v) is 4.59. The summed E-state index contributed by atoms with van der Waals surface area (Å²) in [5.74, 6) is -6.06. The summed E-state index contributed by atoms with van der Waals surface area (Å²) in [6, 6.07) is 0. The van der Waals surface area contributed by atoms with E-state index in [9.17, 15) is 19.2 Å². The molecule has 0 radical (unpaired) electrons. The number of carboxylic acid groups (broad SMARTS) is 4. The molecule has 0 fully saturated rings. The molecule has 0 aromatic rings. The van der Waals surface area contributed by atoms with E-state index in [1.807, 2.05) is 0 Å². The molecule has 0 saturated carbocycles. The first-order chi connectivity index (χ1) is 8.92. The van der Waals surface area contributed by atoms with Gasteiger partial charge >= 0.3 is 83.0 Å². The molecule has 0 aromatic carbocycles. The van der Waals surface area contributed by atoms with E-state index >= 15 is 0 Å². The van der Waals surface area contributed by atoms with Crippen molar-refractivity contribution in [2.75, 3.05) is 0 Å². The maximum Gasteiger partial charge on any atom is 1.00 e. The van der Waals surface area contributed by atoms with E-state index in [1.54, 1.807) is 0 Å². The van der Waals surface area contributed by atoms with Crippen LogP contribution in [0.2, 0.25) is 0 Å². The zero-order valence-corrected chi connectivity index (χ0v) is 16.4. The van der Waals surface area contributed by atoms with E-state index in [-0.39, 0.29) is 62.0 Å². The number of carbonyl (C=O) groups is 4. The third-order valence-electron chi connectivity index (χ3n) is 2.86. The van der Waals surface area contributed by atoms with Crippen molar-refractivity contribution < 1.29 is 102 Å². The van der Waals surface area contributed by atoms with Gasteiger partial charge in [-0.15, -0.1) is 0 Å². The van der Waals surface area contributed by atoms with Crippen molar-refractivity contribution in [2.45, 2.75) is 36.8 Å². The Kier molecular flexibility index (Phi) is 12.8. The van der Waals surface area contributed by atoms with Crippen LogP contribution in [-0.4, -0.2) is 55.4 Å². The summed E-state index contributed by atoms with van der Waals surface area (Å²) in [5.41, 5.74) is 6.88. The molecule has 0 unspecified atom stereocenters. The van der Waals surface area contributed by atoms with Gasteiger partial charge in [-0.2, -0.15) is 0 Å². The fourth-order valence-electron chi connectivity index (χ4n) is 1.91. The van der Waals surface area contributed by atoms with Crippen molar-refractivity contribution in [3.05, 3.63) is 0 Å². The molecule has 0 aromatic heterocycles. The van der Waals surface area contributed by atoms with Crippen molar-refractivity contribution in [3.8, 4) is 0 Å². The largest absolute Gasteiger partial charge is 1.00 e. The van der Waals surface area contributed by atoms with Crippen molar-refractivity contribution in [1.82, 2.24) is 0 Å². The molecule has 22 heavy (non-hydrogen) atoms. The molecular formula is C10H18N2Na2O8. The molecule has 118 valence electrons. The SMILES string of the molecule is NC(CC(=O)O)(CC(=O)O)C(N)(CC(=O)O)CC(=O)O.[H-].[H-].[Na+].[Na+]. The Labute approximate surface area is 172 Å². The van der Waals surface area contributed by atoms with Crippen LogP contribution in [0.25, 0.3) is 0 Å². The maximum absolute atomic E-state index is 10.8. The second kappa shape index (κ2) is 10.6. The molecule has 0 aliphatic rings. The number of hydrogen-bond acceptors (Lipinski definition) is 6. The van der Waals surface area contributed by atoms with Crippen LogP contribution in [0, 0.1) is 0 Å². The van der Waals surface area contributed by atoms with Gasteiger partial charge in [0.1, 0.15) is 0 Å². The molecular weight excluding hydrogens is 322 g/mol. The van der Waals surface area contributed by atoms with Crippen molar-refractivity contribution in [1.29, 1.82) is 0 Å². The van der Waals surface area contributed by atoms with E-state index in [0.717, 1.165) is 0 Å². The van der Waals surface area contributed by atoms with Crippen molar-refractivity contribution >= 4 is 23.9 Å². The third kappa shape index (κ3) is 8.44. The minimum Gasteiger partial charge on any atom is -1.00 e. The molecule has 12 heteroatoms. The topological polar surface area (TPSA) is 201 Å². The molecule has 0 heterocycles. The van der Waals surface area contributed by atoms with Gasteiger partial charge in [-0.05, 0) is 0 Å². The van der Waals surface area contributed by atoms with Crippen LogP contribution in [0.15, 0.2) is 0 Å². The summed E-state index contributed by atoms with van der Waals surface area (Å²) in [5, 5.41) is 35.1. The molecule has 0 atom stereocenters. The van der Waals surface area contributed by atoms with Crippen LogP contribution in [0.1, 0.15) is 28.5 Å². The zero-order chi connectivity index (χ0) is 16.1. The number of aliphatic carboxylic acids is 4. The summed E-state index contributed by atoms with van der Waals surface area (Å²) in [4.78, 5) is 43.2. The molecule has 0 spiro atoms. The van der Waals surface area contributed by atoms with Crippen molar-refractivity contribution in [3.63, 3.8) is 0 Å². The minimum absolute atomic E-state index is 0. The summed E-state index contributed by atoms with van der Waals surface area (Å²) in [6.07, 6.45) is -3.90. The van der Waals surface area contributed by atoms with E-state index < -0.39 is 60.6 Å². The molecule has 0 aliphatic heterocycles. The first-order valence-corrected chi connectivity index (χ1v) is 5.37. The van der Waals surface area contributed by atoms with Gasteiger partial charge in [0, 0.05) is 0 Å². The quantitative estimate of drug-likeness (QED) is 0.219. The van der Waals surface area contributed by atoms with Crippen molar-refractivity contribution in [2.24, 2.45) is 11.5 Å². The normalized spacial score (nSPS) is 10.8. The molecule has 0 amide bonds. The predicted molar refractivity (Wildman–Crippen MR) is 65.1 cm³/mol. The predicted octanol–water partition coefficient (Wildman–Crippen LogP) is -7.49. The maximum atomic E-state index is 10.8. The van der Waals surface area contributed by atoms with Crippen LogP contribution in [0.3, 0.4) is 0 Å². The van der Waals surface area contributed by atoms with E-state index in [2.05, 4.69) is 0 Å². The summed E-state index contributed by atoms with van der Waals surface area (Å²) >= 11 is 0. The monoisotopic (exact) mass is 340 g/mol. The smallest absolute Gasteiger partial charge is 1.00 e. The molecule has 0 aliphatic carbocycles. The van der Waals surface area contributed by atoms with E-state index in [0.29, 0.717) is 0 Å². The van der Waals surface area contributed by atoms with Gasteiger partial charge in [-0.3, -0.25) is 19.2 Å². The summed E-state index contributed by atoms with van der Waals surface area (Å²) in [7, 11) is 0. The summed E-state index contributed by atoms with van der Waals surface area (Å²) in [6.45, 7) is 0. The average Bonchev–Trinajstić information content (AvgIpc) is 2.10. The Balaban J connectivity index is -0.000000301. The Bertz CT molecular complexity index is 381. The van der Waals surface area contributed by atoms with Gasteiger partial charge in [0.15, 0.2) is 0 Å². The molecule has 0 saturated heterocycles. The molecule has 8 N–H and O–H groups in total. The number of carboxylic acids is 4. The fourth-order valence-corrected chi connectivity index (χ4v) is 1.91. The Morgan fingerprint density at radius 1 is 0.636 bits per heavy atom. The van der Waals surface area contributed by atoms with Crippen LogP contribution in [-0.2, 0) is 19.2 Å². The van der Waals surface area contributed by atoms with Gasteiger partial charge < -0.3 is 34.7 Å². The number of nitrogens with two attached hydrogens (primary N) is 2. The molecule has 0 rings (SSSR count).